The van der Waals surface area contributed by atoms with Crippen LogP contribution < -0.4 is 16.0 Å². The van der Waals surface area contributed by atoms with Gasteiger partial charge in [0.1, 0.15) is 6.04 Å². The summed E-state index contributed by atoms with van der Waals surface area (Å²) < 4.78 is 1.06. The van der Waals surface area contributed by atoms with Gasteiger partial charge in [-0.2, -0.15) is 0 Å². The van der Waals surface area contributed by atoms with Gasteiger partial charge in [-0.25, -0.2) is 4.98 Å². The molecule has 134 valence electrons. The van der Waals surface area contributed by atoms with Crippen LogP contribution in [0.25, 0.3) is 10.2 Å². The number of rotatable bonds is 5. The largest absolute Gasteiger partial charge is 0.350 e. The molecule has 26 heavy (non-hydrogen) atoms. The minimum atomic E-state index is -0.482. The van der Waals surface area contributed by atoms with Crippen LogP contribution in [0.5, 0.6) is 0 Å². The molecule has 1 unspecified atom stereocenters. The number of para-hydroxylation sites is 1. The van der Waals surface area contributed by atoms with E-state index < -0.39 is 6.04 Å². The first kappa shape index (κ1) is 18.2. The Balaban J connectivity index is 1.65. The van der Waals surface area contributed by atoms with E-state index in [1.54, 1.807) is 25.1 Å². The SMILES string of the molecule is CC(=O)Nc1ccc(NC(=O)C(C)Nc2nc3ccccc3s2)cc1Cl. The van der Waals surface area contributed by atoms with Crippen molar-refractivity contribution in [3.8, 4) is 0 Å². The molecule has 0 radical (unpaired) electrons. The smallest absolute Gasteiger partial charge is 0.246 e. The summed E-state index contributed by atoms with van der Waals surface area (Å²) in [5, 5.41) is 9.56. The van der Waals surface area contributed by atoms with Crippen molar-refractivity contribution < 1.29 is 9.59 Å². The first-order chi connectivity index (χ1) is 12.4. The Morgan fingerprint density at radius 1 is 1.15 bits per heavy atom. The van der Waals surface area contributed by atoms with E-state index in [9.17, 15) is 9.59 Å². The lowest BCUT2D eigenvalue weighted by atomic mass is 10.2. The van der Waals surface area contributed by atoms with Crippen LogP contribution in [0.1, 0.15) is 13.8 Å². The molecular formula is C18H17ClN4O2S. The fourth-order valence-electron chi connectivity index (χ4n) is 2.32. The summed E-state index contributed by atoms with van der Waals surface area (Å²) in [4.78, 5) is 28.0. The zero-order valence-corrected chi connectivity index (χ0v) is 15.7. The highest BCUT2D eigenvalue weighted by atomic mass is 35.5. The average molecular weight is 389 g/mol. The number of thiazole rings is 1. The van der Waals surface area contributed by atoms with E-state index in [1.807, 2.05) is 24.3 Å². The molecule has 1 aromatic heterocycles. The highest BCUT2D eigenvalue weighted by Crippen LogP contribution is 2.27. The van der Waals surface area contributed by atoms with Gasteiger partial charge >= 0.3 is 0 Å². The zero-order valence-electron chi connectivity index (χ0n) is 14.2. The Hall–Kier alpha value is -2.64. The van der Waals surface area contributed by atoms with Gasteiger partial charge in [0, 0.05) is 12.6 Å². The first-order valence-corrected chi connectivity index (χ1v) is 9.12. The molecule has 2 aromatic carbocycles. The second-order valence-corrected chi connectivity index (χ2v) is 7.16. The second kappa shape index (κ2) is 7.72. The lowest BCUT2D eigenvalue weighted by molar-refractivity contribution is -0.116. The van der Waals surface area contributed by atoms with Gasteiger partial charge in [-0.1, -0.05) is 35.1 Å². The minimum absolute atomic E-state index is 0.211. The average Bonchev–Trinajstić information content (AvgIpc) is 2.99. The van der Waals surface area contributed by atoms with Crippen LogP contribution in [-0.4, -0.2) is 22.8 Å². The van der Waals surface area contributed by atoms with Crippen LogP contribution in [0.3, 0.4) is 0 Å². The maximum Gasteiger partial charge on any atom is 0.246 e. The molecule has 2 amide bonds. The minimum Gasteiger partial charge on any atom is -0.350 e. The number of halogens is 1. The Morgan fingerprint density at radius 2 is 1.92 bits per heavy atom. The summed E-state index contributed by atoms with van der Waals surface area (Å²) in [5.41, 5.74) is 1.94. The maximum atomic E-state index is 12.4. The van der Waals surface area contributed by atoms with Crippen molar-refractivity contribution in [3.05, 3.63) is 47.5 Å². The topological polar surface area (TPSA) is 83.1 Å². The van der Waals surface area contributed by atoms with Gasteiger partial charge in [-0.05, 0) is 37.3 Å². The summed E-state index contributed by atoms with van der Waals surface area (Å²) in [7, 11) is 0. The Bertz CT molecular complexity index is 940. The van der Waals surface area contributed by atoms with Gasteiger partial charge in [0.25, 0.3) is 0 Å². The number of nitrogens with zero attached hydrogens (tertiary/aromatic N) is 1. The number of carbonyl (C=O) groups excluding carboxylic acids is 2. The molecule has 3 aromatic rings. The molecule has 0 aliphatic carbocycles. The van der Waals surface area contributed by atoms with Crippen molar-refractivity contribution in [3.63, 3.8) is 0 Å². The van der Waals surface area contributed by atoms with Crippen molar-refractivity contribution >= 4 is 61.5 Å². The van der Waals surface area contributed by atoms with Crippen LogP contribution in [0, 0.1) is 0 Å². The molecule has 3 rings (SSSR count). The molecule has 1 atom stereocenters. The van der Waals surface area contributed by atoms with Gasteiger partial charge in [0.2, 0.25) is 11.8 Å². The normalized spacial score (nSPS) is 11.8. The maximum absolute atomic E-state index is 12.4. The highest BCUT2D eigenvalue weighted by molar-refractivity contribution is 7.22. The lowest BCUT2D eigenvalue weighted by Gasteiger charge is -2.14. The molecular weight excluding hydrogens is 372 g/mol. The number of hydrogen-bond acceptors (Lipinski definition) is 5. The van der Waals surface area contributed by atoms with Crippen LogP contribution >= 0.6 is 22.9 Å². The Labute approximate surface area is 159 Å². The highest BCUT2D eigenvalue weighted by Gasteiger charge is 2.15. The van der Waals surface area contributed by atoms with Crippen molar-refractivity contribution in [2.24, 2.45) is 0 Å². The first-order valence-electron chi connectivity index (χ1n) is 7.92. The number of carbonyl (C=O) groups is 2. The molecule has 0 aliphatic heterocycles. The van der Waals surface area contributed by atoms with E-state index in [4.69, 9.17) is 11.6 Å². The van der Waals surface area contributed by atoms with Crippen LogP contribution in [0.4, 0.5) is 16.5 Å². The van der Waals surface area contributed by atoms with E-state index in [2.05, 4.69) is 20.9 Å². The predicted octanol–water partition coefficient (Wildman–Crippen LogP) is 4.35. The number of hydrogen-bond donors (Lipinski definition) is 3. The number of amides is 2. The van der Waals surface area contributed by atoms with E-state index in [-0.39, 0.29) is 11.8 Å². The molecule has 6 nitrogen and oxygen atoms in total. The Kier molecular flexibility index (Phi) is 5.39. The molecule has 0 fully saturated rings. The molecule has 0 saturated carbocycles. The summed E-state index contributed by atoms with van der Waals surface area (Å²) in [6.07, 6.45) is 0. The summed E-state index contributed by atoms with van der Waals surface area (Å²) in [6, 6.07) is 12.2. The summed E-state index contributed by atoms with van der Waals surface area (Å²) in [6.45, 7) is 3.16. The molecule has 0 spiro atoms. The molecule has 1 heterocycles. The standard InChI is InChI=1S/C18H17ClN4O2S/c1-10(20-18-23-15-5-3-4-6-16(15)26-18)17(25)22-12-7-8-14(13(19)9-12)21-11(2)24/h3-10H,1-2H3,(H,20,23)(H,21,24)(H,22,25). The van der Waals surface area contributed by atoms with Crippen LogP contribution in [0.15, 0.2) is 42.5 Å². The van der Waals surface area contributed by atoms with E-state index >= 15 is 0 Å². The number of fused-ring (bicyclic) bond motifs is 1. The van der Waals surface area contributed by atoms with Gasteiger partial charge < -0.3 is 16.0 Å². The van der Waals surface area contributed by atoms with Gasteiger partial charge in [0.05, 0.1) is 20.9 Å². The number of benzene rings is 2. The molecule has 0 aliphatic rings. The summed E-state index contributed by atoms with van der Waals surface area (Å²) >= 11 is 7.62. The third-order valence-corrected chi connectivity index (χ3v) is 4.85. The molecule has 0 bridgehead atoms. The van der Waals surface area contributed by atoms with Crippen molar-refractivity contribution in [2.75, 3.05) is 16.0 Å². The molecule has 8 heteroatoms. The fraction of sp³-hybridized carbons (Fsp3) is 0.167. The molecule has 0 saturated heterocycles. The van der Waals surface area contributed by atoms with Gasteiger partial charge in [0.15, 0.2) is 5.13 Å². The number of anilines is 3. The number of aromatic nitrogens is 1. The second-order valence-electron chi connectivity index (χ2n) is 5.72. The van der Waals surface area contributed by atoms with E-state index in [0.717, 1.165) is 10.2 Å². The fourth-order valence-corrected chi connectivity index (χ4v) is 3.50. The van der Waals surface area contributed by atoms with Crippen molar-refractivity contribution in [2.45, 2.75) is 19.9 Å². The van der Waals surface area contributed by atoms with Crippen LogP contribution in [-0.2, 0) is 9.59 Å². The predicted molar refractivity (Wildman–Crippen MR) is 107 cm³/mol. The van der Waals surface area contributed by atoms with Crippen molar-refractivity contribution in [1.82, 2.24) is 4.98 Å². The van der Waals surface area contributed by atoms with Crippen molar-refractivity contribution in [1.29, 1.82) is 0 Å². The Morgan fingerprint density at radius 3 is 2.62 bits per heavy atom. The molecule has 3 N–H and O–H groups in total. The van der Waals surface area contributed by atoms with E-state index in [0.29, 0.717) is 21.5 Å². The lowest BCUT2D eigenvalue weighted by Crippen LogP contribution is -2.31. The summed E-state index contributed by atoms with van der Waals surface area (Å²) in [5.74, 6) is -0.426. The quantitative estimate of drug-likeness (QED) is 0.606. The third kappa shape index (κ3) is 4.30. The third-order valence-electron chi connectivity index (χ3n) is 3.57. The number of nitrogens with one attached hydrogen (secondary N) is 3. The van der Waals surface area contributed by atoms with Crippen LogP contribution in [0.2, 0.25) is 5.02 Å². The monoisotopic (exact) mass is 388 g/mol. The van der Waals surface area contributed by atoms with E-state index in [1.165, 1.54) is 18.3 Å². The zero-order chi connectivity index (χ0) is 18.7. The van der Waals surface area contributed by atoms with Gasteiger partial charge in [-0.3, -0.25) is 9.59 Å². The van der Waals surface area contributed by atoms with Gasteiger partial charge in [-0.15, -0.1) is 0 Å².